The number of halogens is 1. The van der Waals surface area contributed by atoms with E-state index in [2.05, 4.69) is 49.4 Å². The lowest BCUT2D eigenvalue weighted by Crippen LogP contribution is -2.54. The Labute approximate surface area is 230 Å². The highest BCUT2D eigenvalue weighted by atomic mass is 35.5. The lowest BCUT2D eigenvalue weighted by Gasteiger charge is -2.38. The van der Waals surface area contributed by atoms with Crippen molar-refractivity contribution in [2.24, 2.45) is 0 Å². The van der Waals surface area contributed by atoms with Crippen molar-refractivity contribution in [1.82, 2.24) is 29.9 Å². The SMILES string of the molecule is Cc1cn2nc(NC(=O)c3ccc(N4C[C@@H](C)N[C@H](C)C4)c4nccnc34)cc(Oc3cccc(Cl)c3)c2n1. The van der Waals surface area contributed by atoms with Gasteiger partial charge in [-0.05, 0) is 51.1 Å². The average Bonchev–Trinajstić information content (AvgIpc) is 3.28. The van der Waals surface area contributed by atoms with Crippen LogP contribution in [0.5, 0.6) is 11.5 Å². The third-order valence-electron chi connectivity index (χ3n) is 6.52. The number of aromatic nitrogens is 5. The van der Waals surface area contributed by atoms with E-state index in [0.29, 0.717) is 56.7 Å². The highest BCUT2D eigenvalue weighted by Gasteiger charge is 2.25. The number of carbonyl (C=O) groups excluding carboxylic acids is 1. The lowest BCUT2D eigenvalue weighted by molar-refractivity contribution is 0.102. The molecule has 198 valence electrons. The van der Waals surface area contributed by atoms with Gasteiger partial charge in [-0.15, -0.1) is 5.10 Å². The molecule has 0 aliphatic carbocycles. The van der Waals surface area contributed by atoms with Crippen molar-refractivity contribution in [3.05, 3.63) is 77.3 Å². The van der Waals surface area contributed by atoms with Crippen LogP contribution in [0.3, 0.4) is 0 Å². The van der Waals surface area contributed by atoms with Crippen molar-refractivity contribution in [1.29, 1.82) is 0 Å². The molecule has 1 aliphatic heterocycles. The Morgan fingerprint density at radius 2 is 1.85 bits per heavy atom. The molecule has 39 heavy (non-hydrogen) atoms. The third kappa shape index (κ3) is 5.08. The number of carbonyl (C=O) groups is 1. The van der Waals surface area contributed by atoms with Gasteiger partial charge >= 0.3 is 0 Å². The number of fused-ring (bicyclic) bond motifs is 2. The lowest BCUT2D eigenvalue weighted by atomic mass is 10.1. The minimum Gasteiger partial charge on any atom is -0.453 e. The quantitative estimate of drug-likeness (QED) is 0.324. The molecule has 3 aromatic heterocycles. The number of amides is 1. The predicted molar refractivity (Wildman–Crippen MR) is 151 cm³/mol. The molecule has 0 spiro atoms. The van der Waals surface area contributed by atoms with E-state index in [0.717, 1.165) is 24.5 Å². The molecule has 1 aliphatic rings. The van der Waals surface area contributed by atoms with Crippen LogP contribution in [-0.2, 0) is 0 Å². The first kappa shape index (κ1) is 25.0. The second kappa shape index (κ2) is 10.1. The van der Waals surface area contributed by atoms with E-state index in [1.54, 1.807) is 59.5 Å². The first-order chi connectivity index (χ1) is 18.8. The molecule has 1 saturated heterocycles. The number of nitrogens with zero attached hydrogens (tertiary/aromatic N) is 6. The van der Waals surface area contributed by atoms with Gasteiger partial charge < -0.3 is 20.3 Å². The first-order valence-electron chi connectivity index (χ1n) is 12.7. The van der Waals surface area contributed by atoms with Gasteiger partial charge in [0.2, 0.25) is 0 Å². The molecular weight excluding hydrogens is 516 g/mol. The van der Waals surface area contributed by atoms with Crippen LogP contribution in [0.4, 0.5) is 11.5 Å². The summed E-state index contributed by atoms with van der Waals surface area (Å²) in [6.07, 6.45) is 5.02. The number of hydrogen-bond acceptors (Lipinski definition) is 8. The molecule has 4 heterocycles. The van der Waals surface area contributed by atoms with E-state index in [1.807, 2.05) is 13.0 Å². The van der Waals surface area contributed by atoms with Gasteiger partial charge in [-0.3, -0.25) is 14.8 Å². The summed E-state index contributed by atoms with van der Waals surface area (Å²) in [5.41, 5.74) is 3.85. The summed E-state index contributed by atoms with van der Waals surface area (Å²) in [6, 6.07) is 13.1. The van der Waals surface area contributed by atoms with Gasteiger partial charge in [0.15, 0.2) is 17.2 Å². The number of nitrogens with one attached hydrogen (secondary N) is 2. The average molecular weight is 543 g/mol. The Kier molecular flexibility index (Phi) is 6.49. The fourth-order valence-corrected chi connectivity index (χ4v) is 5.23. The number of aryl methyl sites for hydroxylation is 1. The smallest absolute Gasteiger partial charge is 0.259 e. The van der Waals surface area contributed by atoms with Crippen LogP contribution < -0.4 is 20.3 Å². The third-order valence-corrected chi connectivity index (χ3v) is 6.76. The van der Waals surface area contributed by atoms with Gasteiger partial charge in [0.05, 0.1) is 23.1 Å². The Hall–Kier alpha value is -4.28. The topological polar surface area (TPSA) is 110 Å². The predicted octanol–water partition coefficient (Wildman–Crippen LogP) is 4.87. The molecule has 1 fully saturated rings. The van der Waals surface area contributed by atoms with E-state index in [1.165, 1.54) is 0 Å². The largest absolute Gasteiger partial charge is 0.453 e. The van der Waals surface area contributed by atoms with Crippen molar-refractivity contribution >= 4 is 45.7 Å². The minimum atomic E-state index is -0.355. The molecule has 0 saturated carbocycles. The Morgan fingerprint density at radius 1 is 1.08 bits per heavy atom. The van der Waals surface area contributed by atoms with Crippen molar-refractivity contribution in [2.75, 3.05) is 23.3 Å². The minimum absolute atomic E-state index is 0.299. The van der Waals surface area contributed by atoms with Crippen LogP contribution in [0.1, 0.15) is 29.9 Å². The molecule has 2 atom stereocenters. The molecule has 2 N–H and O–H groups in total. The van der Waals surface area contributed by atoms with Gasteiger partial charge in [-0.1, -0.05) is 17.7 Å². The number of rotatable bonds is 5. The summed E-state index contributed by atoms with van der Waals surface area (Å²) in [5.74, 6) is 0.916. The molecule has 1 amide bonds. The number of imidazole rings is 1. The molecule has 11 heteroatoms. The molecule has 0 unspecified atom stereocenters. The number of piperazine rings is 1. The van der Waals surface area contributed by atoms with Crippen LogP contribution >= 0.6 is 11.6 Å². The number of ether oxygens (including phenoxy) is 1. The zero-order valence-electron chi connectivity index (χ0n) is 21.7. The highest BCUT2D eigenvalue weighted by molar-refractivity contribution is 6.30. The molecule has 6 rings (SSSR count). The number of anilines is 2. The zero-order valence-corrected chi connectivity index (χ0v) is 22.5. The van der Waals surface area contributed by atoms with Crippen LogP contribution in [0.25, 0.3) is 16.7 Å². The maximum Gasteiger partial charge on any atom is 0.259 e. The second-order valence-electron chi connectivity index (χ2n) is 9.82. The molecule has 10 nitrogen and oxygen atoms in total. The molecular formula is C28H27ClN8O2. The maximum absolute atomic E-state index is 13.5. The molecule has 2 aromatic carbocycles. The van der Waals surface area contributed by atoms with E-state index in [4.69, 9.17) is 16.3 Å². The van der Waals surface area contributed by atoms with Crippen LogP contribution in [0.2, 0.25) is 5.02 Å². The fourth-order valence-electron chi connectivity index (χ4n) is 5.05. The monoisotopic (exact) mass is 542 g/mol. The summed E-state index contributed by atoms with van der Waals surface area (Å²) < 4.78 is 7.67. The van der Waals surface area contributed by atoms with Gasteiger partial charge in [0.1, 0.15) is 16.8 Å². The number of benzene rings is 2. The van der Waals surface area contributed by atoms with Crippen LogP contribution in [0.15, 0.2) is 61.1 Å². The van der Waals surface area contributed by atoms with Gasteiger partial charge in [0.25, 0.3) is 5.91 Å². The van der Waals surface area contributed by atoms with Gasteiger partial charge in [-0.2, -0.15) is 0 Å². The Balaban J connectivity index is 1.34. The highest BCUT2D eigenvalue weighted by Crippen LogP contribution is 2.31. The summed E-state index contributed by atoms with van der Waals surface area (Å²) >= 11 is 6.14. The summed E-state index contributed by atoms with van der Waals surface area (Å²) in [6.45, 7) is 7.86. The van der Waals surface area contributed by atoms with E-state index < -0.39 is 0 Å². The molecule has 0 bridgehead atoms. The maximum atomic E-state index is 13.5. The van der Waals surface area contributed by atoms with Gasteiger partial charge in [0, 0.05) is 48.7 Å². The summed E-state index contributed by atoms with van der Waals surface area (Å²) in [4.78, 5) is 29.5. The van der Waals surface area contributed by atoms with Crippen LogP contribution in [-0.4, -0.2) is 55.6 Å². The summed E-state index contributed by atoms with van der Waals surface area (Å²) in [7, 11) is 0. The second-order valence-corrected chi connectivity index (χ2v) is 10.3. The Morgan fingerprint density at radius 3 is 2.62 bits per heavy atom. The normalized spacial score (nSPS) is 17.5. The zero-order chi connectivity index (χ0) is 27.1. The van der Waals surface area contributed by atoms with E-state index in [9.17, 15) is 4.79 Å². The number of hydrogen-bond donors (Lipinski definition) is 2. The summed E-state index contributed by atoms with van der Waals surface area (Å²) in [5, 5.41) is 11.5. The van der Waals surface area contributed by atoms with Gasteiger partial charge in [-0.25, -0.2) is 9.50 Å². The molecule has 5 aromatic rings. The van der Waals surface area contributed by atoms with Crippen molar-refractivity contribution in [2.45, 2.75) is 32.9 Å². The Bertz CT molecular complexity index is 1690. The standard InChI is InChI=1S/C28H27ClN8O2/c1-16-13-36(14-17(2)32-16)22-8-7-21(25-26(22)31-10-9-30-25)28(38)34-24-12-23(27-33-18(3)15-37(27)35-24)39-20-6-4-5-19(29)11-20/h4-12,15-17,32H,13-14H2,1-3H3,(H,34,35,38)/t16-,17-/m1/s1. The van der Waals surface area contributed by atoms with Crippen LogP contribution in [0, 0.1) is 6.92 Å². The van der Waals surface area contributed by atoms with E-state index in [-0.39, 0.29) is 5.91 Å². The van der Waals surface area contributed by atoms with Crippen molar-refractivity contribution in [3.8, 4) is 11.5 Å². The molecule has 0 radical (unpaired) electrons. The van der Waals surface area contributed by atoms with Crippen molar-refractivity contribution < 1.29 is 9.53 Å². The fraction of sp³-hybridized carbons (Fsp3) is 0.250. The van der Waals surface area contributed by atoms with E-state index >= 15 is 0 Å². The first-order valence-corrected chi connectivity index (χ1v) is 13.1. The van der Waals surface area contributed by atoms with Crippen molar-refractivity contribution in [3.63, 3.8) is 0 Å².